The van der Waals surface area contributed by atoms with Gasteiger partial charge in [-0.05, 0) is 5.56 Å². The fourth-order valence-electron chi connectivity index (χ4n) is 1.99. The molecule has 0 spiro atoms. The van der Waals surface area contributed by atoms with Crippen LogP contribution in [0, 0.1) is 5.41 Å². The summed E-state index contributed by atoms with van der Waals surface area (Å²) < 4.78 is 5.39. The van der Waals surface area contributed by atoms with E-state index in [1.54, 1.807) is 0 Å². The van der Waals surface area contributed by atoms with E-state index >= 15 is 0 Å². The summed E-state index contributed by atoms with van der Waals surface area (Å²) in [6.45, 7) is 6.02. The first-order valence-corrected chi connectivity index (χ1v) is 6.24. The first-order valence-electron chi connectivity index (χ1n) is 6.24. The second-order valence-corrected chi connectivity index (χ2v) is 5.37. The minimum atomic E-state index is -0.137. The fourth-order valence-corrected chi connectivity index (χ4v) is 1.99. The maximum Gasteiger partial charge on any atom is 0.315 e. The molecule has 0 radical (unpaired) electrons. The Morgan fingerprint density at radius 2 is 2.11 bits per heavy atom. The summed E-state index contributed by atoms with van der Waals surface area (Å²) in [4.78, 5) is 11.8. The Morgan fingerprint density at radius 3 is 2.72 bits per heavy atom. The van der Waals surface area contributed by atoms with Crippen LogP contribution in [0.15, 0.2) is 30.3 Å². The Labute approximate surface area is 108 Å². The van der Waals surface area contributed by atoms with E-state index in [4.69, 9.17) is 4.74 Å². The SMILES string of the molecule is CC1(C)COCC1NC(=O)NCc1ccccc1. The molecule has 1 aliphatic rings. The Hall–Kier alpha value is -1.55. The molecule has 1 aromatic carbocycles. The zero-order valence-electron chi connectivity index (χ0n) is 10.9. The van der Waals surface area contributed by atoms with Crippen LogP contribution in [0.25, 0.3) is 0 Å². The van der Waals surface area contributed by atoms with Crippen LogP contribution >= 0.6 is 0 Å². The monoisotopic (exact) mass is 248 g/mol. The summed E-state index contributed by atoms with van der Waals surface area (Å²) in [7, 11) is 0. The van der Waals surface area contributed by atoms with Crippen molar-refractivity contribution in [3.63, 3.8) is 0 Å². The van der Waals surface area contributed by atoms with Crippen LogP contribution < -0.4 is 10.6 Å². The van der Waals surface area contributed by atoms with Gasteiger partial charge in [0.15, 0.2) is 0 Å². The van der Waals surface area contributed by atoms with E-state index in [0.717, 1.165) is 5.56 Å². The third kappa shape index (κ3) is 3.23. The lowest BCUT2D eigenvalue weighted by Gasteiger charge is -2.25. The average molecular weight is 248 g/mol. The van der Waals surface area contributed by atoms with Gasteiger partial charge in [-0.3, -0.25) is 0 Å². The predicted octanol–water partition coefficient (Wildman–Crippen LogP) is 1.91. The lowest BCUT2D eigenvalue weighted by atomic mass is 9.88. The summed E-state index contributed by atoms with van der Waals surface area (Å²) in [5.41, 5.74) is 1.10. The molecule has 0 aliphatic carbocycles. The van der Waals surface area contributed by atoms with Gasteiger partial charge in [-0.2, -0.15) is 0 Å². The predicted molar refractivity (Wildman–Crippen MR) is 70.2 cm³/mol. The molecule has 2 N–H and O–H groups in total. The number of urea groups is 1. The van der Waals surface area contributed by atoms with Crippen molar-refractivity contribution in [2.45, 2.75) is 26.4 Å². The number of rotatable bonds is 3. The Kier molecular flexibility index (Phi) is 3.87. The molecule has 18 heavy (non-hydrogen) atoms. The topological polar surface area (TPSA) is 50.4 Å². The van der Waals surface area contributed by atoms with Crippen molar-refractivity contribution in [1.82, 2.24) is 10.6 Å². The van der Waals surface area contributed by atoms with Crippen LogP contribution in [0.1, 0.15) is 19.4 Å². The second-order valence-electron chi connectivity index (χ2n) is 5.37. The molecular weight excluding hydrogens is 228 g/mol. The maximum atomic E-state index is 11.8. The Balaban J connectivity index is 1.79. The largest absolute Gasteiger partial charge is 0.379 e. The zero-order valence-corrected chi connectivity index (χ0v) is 10.9. The van der Waals surface area contributed by atoms with E-state index in [9.17, 15) is 4.79 Å². The van der Waals surface area contributed by atoms with Crippen LogP contribution in [-0.2, 0) is 11.3 Å². The van der Waals surface area contributed by atoms with Gasteiger partial charge in [-0.25, -0.2) is 4.79 Å². The summed E-state index contributed by atoms with van der Waals surface area (Å²) in [5.74, 6) is 0. The average Bonchev–Trinajstić information content (AvgIpc) is 2.68. The van der Waals surface area contributed by atoms with E-state index < -0.39 is 0 Å². The number of carbonyl (C=O) groups excluding carboxylic acids is 1. The van der Waals surface area contributed by atoms with Crippen LogP contribution in [0.2, 0.25) is 0 Å². The molecule has 98 valence electrons. The molecule has 1 saturated heterocycles. The van der Waals surface area contributed by atoms with Crippen molar-refractivity contribution in [2.75, 3.05) is 13.2 Å². The number of carbonyl (C=O) groups is 1. The highest BCUT2D eigenvalue weighted by Crippen LogP contribution is 2.27. The number of ether oxygens (including phenoxy) is 1. The van der Waals surface area contributed by atoms with E-state index in [-0.39, 0.29) is 17.5 Å². The number of hydrogen-bond acceptors (Lipinski definition) is 2. The summed E-state index contributed by atoms with van der Waals surface area (Å²) in [6.07, 6.45) is 0. The molecule has 2 rings (SSSR count). The van der Waals surface area contributed by atoms with Gasteiger partial charge in [0.2, 0.25) is 0 Å². The minimum absolute atomic E-state index is 0.00405. The highest BCUT2D eigenvalue weighted by molar-refractivity contribution is 5.74. The summed E-state index contributed by atoms with van der Waals surface area (Å²) >= 11 is 0. The van der Waals surface area contributed by atoms with Gasteiger partial charge in [0.05, 0.1) is 19.3 Å². The standard InChI is InChI=1S/C14H20N2O2/c1-14(2)10-18-9-12(14)16-13(17)15-8-11-6-4-3-5-7-11/h3-7,12H,8-10H2,1-2H3,(H2,15,16,17). The molecule has 1 heterocycles. The quantitative estimate of drug-likeness (QED) is 0.858. The smallest absolute Gasteiger partial charge is 0.315 e. The number of benzene rings is 1. The maximum absolute atomic E-state index is 11.8. The van der Waals surface area contributed by atoms with Crippen LogP contribution in [-0.4, -0.2) is 25.3 Å². The summed E-state index contributed by atoms with van der Waals surface area (Å²) in [6, 6.07) is 9.80. The van der Waals surface area contributed by atoms with E-state index in [0.29, 0.717) is 19.8 Å². The van der Waals surface area contributed by atoms with Gasteiger partial charge in [-0.1, -0.05) is 44.2 Å². The van der Waals surface area contributed by atoms with Crippen molar-refractivity contribution in [3.05, 3.63) is 35.9 Å². The van der Waals surface area contributed by atoms with Gasteiger partial charge < -0.3 is 15.4 Å². The van der Waals surface area contributed by atoms with E-state index in [1.165, 1.54) is 0 Å². The Bertz CT molecular complexity index is 404. The molecule has 1 fully saturated rings. The normalized spacial score (nSPS) is 21.6. The second kappa shape index (κ2) is 5.40. The van der Waals surface area contributed by atoms with Crippen molar-refractivity contribution in [2.24, 2.45) is 5.41 Å². The fraction of sp³-hybridized carbons (Fsp3) is 0.500. The third-order valence-electron chi connectivity index (χ3n) is 3.30. The highest BCUT2D eigenvalue weighted by Gasteiger charge is 2.36. The first-order chi connectivity index (χ1) is 8.58. The van der Waals surface area contributed by atoms with Crippen molar-refractivity contribution >= 4 is 6.03 Å². The lowest BCUT2D eigenvalue weighted by Crippen LogP contribution is -2.48. The van der Waals surface area contributed by atoms with E-state index in [2.05, 4.69) is 24.5 Å². The molecule has 1 atom stereocenters. The van der Waals surface area contributed by atoms with Crippen LogP contribution in [0.4, 0.5) is 4.79 Å². The van der Waals surface area contributed by atoms with Crippen LogP contribution in [0.3, 0.4) is 0 Å². The zero-order chi connectivity index (χ0) is 13.0. The molecule has 4 nitrogen and oxygen atoms in total. The molecule has 0 bridgehead atoms. The van der Waals surface area contributed by atoms with Crippen LogP contribution in [0.5, 0.6) is 0 Å². The Morgan fingerprint density at radius 1 is 1.39 bits per heavy atom. The highest BCUT2D eigenvalue weighted by atomic mass is 16.5. The molecule has 0 saturated carbocycles. The van der Waals surface area contributed by atoms with Crippen molar-refractivity contribution in [1.29, 1.82) is 0 Å². The number of amides is 2. The molecule has 4 heteroatoms. The van der Waals surface area contributed by atoms with Crippen molar-refractivity contribution < 1.29 is 9.53 Å². The molecule has 2 amide bonds. The lowest BCUT2D eigenvalue weighted by molar-refractivity contribution is 0.166. The molecule has 1 unspecified atom stereocenters. The molecular formula is C14H20N2O2. The first kappa shape index (κ1) is 12.9. The molecule has 1 aliphatic heterocycles. The summed E-state index contributed by atoms with van der Waals surface area (Å²) in [5, 5.41) is 5.82. The van der Waals surface area contributed by atoms with Gasteiger partial charge >= 0.3 is 6.03 Å². The van der Waals surface area contributed by atoms with Gasteiger partial charge in [0.1, 0.15) is 0 Å². The van der Waals surface area contributed by atoms with Gasteiger partial charge in [0, 0.05) is 12.0 Å². The van der Waals surface area contributed by atoms with Gasteiger partial charge in [-0.15, -0.1) is 0 Å². The molecule has 1 aromatic rings. The number of nitrogens with one attached hydrogen (secondary N) is 2. The third-order valence-corrected chi connectivity index (χ3v) is 3.30. The molecule has 0 aromatic heterocycles. The van der Waals surface area contributed by atoms with E-state index in [1.807, 2.05) is 30.3 Å². The minimum Gasteiger partial charge on any atom is -0.379 e. The van der Waals surface area contributed by atoms with Gasteiger partial charge in [0.25, 0.3) is 0 Å². The van der Waals surface area contributed by atoms with Crippen molar-refractivity contribution in [3.8, 4) is 0 Å². The number of hydrogen-bond donors (Lipinski definition) is 2.